The molecule has 0 bridgehead atoms. The van der Waals surface area contributed by atoms with Crippen molar-refractivity contribution in [1.29, 1.82) is 0 Å². The van der Waals surface area contributed by atoms with Crippen LogP contribution < -0.4 is 11.1 Å². The lowest BCUT2D eigenvalue weighted by Crippen LogP contribution is -2.22. The zero-order chi connectivity index (χ0) is 14.4. The number of benzene rings is 2. The number of aryl methyl sites for hydroxylation is 1. The highest BCUT2D eigenvalue weighted by molar-refractivity contribution is 5.92. The topological polar surface area (TPSA) is 50.4 Å². The number of anilines is 1. The minimum atomic E-state index is -0.264. The number of aliphatic imine (C=N–C) groups is 1. The predicted molar refractivity (Wildman–Crippen MR) is 81.2 cm³/mol. The molecule has 2 aromatic carbocycles. The van der Waals surface area contributed by atoms with Crippen molar-refractivity contribution in [1.82, 2.24) is 0 Å². The highest BCUT2D eigenvalue weighted by Crippen LogP contribution is 2.11. The van der Waals surface area contributed by atoms with Gasteiger partial charge in [-0.2, -0.15) is 0 Å². The molecule has 3 N–H and O–H groups in total. The molecule has 0 aliphatic rings. The Kier molecular flexibility index (Phi) is 4.71. The molecule has 0 aromatic heterocycles. The van der Waals surface area contributed by atoms with Gasteiger partial charge in [0.05, 0.1) is 6.54 Å². The second-order valence-electron chi connectivity index (χ2n) is 4.51. The van der Waals surface area contributed by atoms with Gasteiger partial charge in [0, 0.05) is 5.69 Å². The minimum absolute atomic E-state index is 0.264. The summed E-state index contributed by atoms with van der Waals surface area (Å²) in [5.41, 5.74) is 8.75. The van der Waals surface area contributed by atoms with E-state index in [0.717, 1.165) is 17.7 Å². The van der Waals surface area contributed by atoms with Gasteiger partial charge in [-0.1, -0.05) is 31.2 Å². The van der Waals surface area contributed by atoms with Gasteiger partial charge < -0.3 is 11.1 Å². The second kappa shape index (κ2) is 6.70. The highest BCUT2D eigenvalue weighted by Gasteiger charge is 1.98. The molecular weight excluding hydrogens is 253 g/mol. The first-order valence-corrected chi connectivity index (χ1v) is 6.57. The molecule has 0 saturated carbocycles. The first-order chi connectivity index (χ1) is 9.67. The maximum atomic E-state index is 13.0. The van der Waals surface area contributed by atoms with Crippen molar-refractivity contribution >= 4 is 11.6 Å². The van der Waals surface area contributed by atoms with E-state index in [1.165, 1.54) is 17.7 Å². The molecule has 4 heteroatoms. The molecule has 0 atom stereocenters. The van der Waals surface area contributed by atoms with Crippen molar-refractivity contribution in [2.24, 2.45) is 10.7 Å². The lowest BCUT2D eigenvalue weighted by Gasteiger charge is -2.07. The fourth-order valence-corrected chi connectivity index (χ4v) is 1.87. The molecule has 0 aliphatic carbocycles. The smallest absolute Gasteiger partial charge is 0.193 e. The molecule has 2 rings (SSSR count). The number of hydrogen-bond acceptors (Lipinski definition) is 1. The third-order valence-electron chi connectivity index (χ3n) is 2.93. The fraction of sp³-hybridized carbons (Fsp3) is 0.188. The lowest BCUT2D eigenvalue weighted by molar-refractivity contribution is 0.625. The van der Waals surface area contributed by atoms with Crippen LogP contribution in [-0.2, 0) is 13.0 Å². The predicted octanol–water partition coefficient (Wildman–Crippen LogP) is 3.31. The molecule has 0 aliphatic heterocycles. The van der Waals surface area contributed by atoms with Gasteiger partial charge >= 0.3 is 0 Å². The maximum Gasteiger partial charge on any atom is 0.193 e. The van der Waals surface area contributed by atoms with E-state index in [0.29, 0.717) is 12.5 Å². The van der Waals surface area contributed by atoms with Crippen molar-refractivity contribution in [3.63, 3.8) is 0 Å². The van der Waals surface area contributed by atoms with Crippen LogP contribution in [0.25, 0.3) is 0 Å². The molecule has 0 radical (unpaired) electrons. The molecule has 3 nitrogen and oxygen atoms in total. The SMILES string of the molecule is CCc1cccc(NC(N)=NCc2cccc(F)c2)c1. The van der Waals surface area contributed by atoms with E-state index in [9.17, 15) is 4.39 Å². The third kappa shape index (κ3) is 4.09. The summed E-state index contributed by atoms with van der Waals surface area (Å²) in [6, 6.07) is 14.3. The molecular formula is C16H18FN3. The summed E-state index contributed by atoms with van der Waals surface area (Å²) >= 11 is 0. The molecule has 2 aromatic rings. The molecule has 0 saturated heterocycles. The Morgan fingerprint density at radius 3 is 2.65 bits per heavy atom. The Labute approximate surface area is 118 Å². The van der Waals surface area contributed by atoms with Gasteiger partial charge in [-0.05, 0) is 41.8 Å². The van der Waals surface area contributed by atoms with Gasteiger partial charge in [0.15, 0.2) is 5.96 Å². The highest BCUT2D eigenvalue weighted by atomic mass is 19.1. The van der Waals surface area contributed by atoms with Crippen molar-refractivity contribution in [2.45, 2.75) is 19.9 Å². The summed E-state index contributed by atoms with van der Waals surface area (Å²) in [6.45, 7) is 2.45. The Morgan fingerprint density at radius 2 is 1.90 bits per heavy atom. The Morgan fingerprint density at radius 1 is 1.15 bits per heavy atom. The maximum absolute atomic E-state index is 13.0. The van der Waals surface area contributed by atoms with E-state index < -0.39 is 0 Å². The van der Waals surface area contributed by atoms with Crippen LogP contribution in [0.2, 0.25) is 0 Å². The number of hydrogen-bond donors (Lipinski definition) is 2. The number of nitrogens with two attached hydrogens (primary N) is 1. The van der Waals surface area contributed by atoms with E-state index >= 15 is 0 Å². The number of nitrogens with zero attached hydrogens (tertiary/aromatic N) is 1. The summed E-state index contributed by atoms with van der Waals surface area (Å²) in [4.78, 5) is 4.20. The fourth-order valence-electron chi connectivity index (χ4n) is 1.87. The number of rotatable bonds is 4. The number of halogens is 1. The number of guanidine groups is 1. The zero-order valence-electron chi connectivity index (χ0n) is 11.4. The average molecular weight is 271 g/mol. The first kappa shape index (κ1) is 14.1. The van der Waals surface area contributed by atoms with E-state index in [1.54, 1.807) is 6.07 Å². The van der Waals surface area contributed by atoms with Crippen LogP contribution in [0.3, 0.4) is 0 Å². The molecule has 0 amide bonds. The van der Waals surface area contributed by atoms with E-state index in [4.69, 9.17) is 5.73 Å². The van der Waals surface area contributed by atoms with E-state index in [1.807, 2.05) is 24.3 Å². The molecule has 0 fully saturated rings. The van der Waals surface area contributed by atoms with Crippen LogP contribution in [0.5, 0.6) is 0 Å². The largest absolute Gasteiger partial charge is 0.370 e. The van der Waals surface area contributed by atoms with Crippen molar-refractivity contribution in [3.8, 4) is 0 Å². The van der Waals surface area contributed by atoms with Gasteiger partial charge in [0.2, 0.25) is 0 Å². The Bertz CT molecular complexity index is 608. The van der Waals surface area contributed by atoms with Gasteiger partial charge in [0.25, 0.3) is 0 Å². The van der Waals surface area contributed by atoms with Crippen molar-refractivity contribution in [3.05, 3.63) is 65.5 Å². The van der Waals surface area contributed by atoms with Crippen LogP contribution in [0.15, 0.2) is 53.5 Å². The molecule has 0 heterocycles. The van der Waals surface area contributed by atoms with Crippen LogP contribution in [-0.4, -0.2) is 5.96 Å². The summed E-state index contributed by atoms with van der Waals surface area (Å²) < 4.78 is 13.0. The standard InChI is InChI=1S/C16H18FN3/c1-2-12-5-4-8-15(10-12)20-16(18)19-11-13-6-3-7-14(17)9-13/h3-10H,2,11H2,1H3,(H3,18,19,20). The lowest BCUT2D eigenvalue weighted by atomic mass is 10.1. The van der Waals surface area contributed by atoms with Crippen LogP contribution in [0.4, 0.5) is 10.1 Å². The van der Waals surface area contributed by atoms with Crippen molar-refractivity contribution in [2.75, 3.05) is 5.32 Å². The van der Waals surface area contributed by atoms with Gasteiger partial charge in [-0.3, -0.25) is 0 Å². The summed E-state index contributed by atoms with van der Waals surface area (Å²) in [6.07, 6.45) is 0.968. The molecule has 0 unspecified atom stereocenters. The van der Waals surface area contributed by atoms with Gasteiger partial charge in [-0.15, -0.1) is 0 Å². The Hall–Kier alpha value is -2.36. The zero-order valence-corrected chi connectivity index (χ0v) is 11.4. The molecule has 20 heavy (non-hydrogen) atoms. The van der Waals surface area contributed by atoms with Crippen molar-refractivity contribution < 1.29 is 4.39 Å². The van der Waals surface area contributed by atoms with Gasteiger partial charge in [-0.25, -0.2) is 9.38 Å². The monoisotopic (exact) mass is 271 g/mol. The van der Waals surface area contributed by atoms with E-state index in [-0.39, 0.29) is 5.82 Å². The van der Waals surface area contributed by atoms with Gasteiger partial charge in [0.1, 0.15) is 5.82 Å². The normalized spacial score (nSPS) is 11.4. The quantitative estimate of drug-likeness (QED) is 0.662. The molecule has 0 spiro atoms. The summed E-state index contributed by atoms with van der Waals surface area (Å²) in [5, 5.41) is 3.04. The van der Waals surface area contributed by atoms with Crippen LogP contribution >= 0.6 is 0 Å². The average Bonchev–Trinajstić information content (AvgIpc) is 2.45. The summed E-state index contributed by atoms with van der Waals surface area (Å²) in [7, 11) is 0. The summed E-state index contributed by atoms with van der Waals surface area (Å²) in [5.74, 6) is 0.0578. The van der Waals surface area contributed by atoms with E-state index in [2.05, 4.69) is 23.3 Å². The number of nitrogens with one attached hydrogen (secondary N) is 1. The van der Waals surface area contributed by atoms with Crippen LogP contribution in [0.1, 0.15) is 18.1 Å². The molecule has 104 valence electrons. The Balaban J connectivity index is 2.00. The third-order valence-corrected chi connectivity index (χ3v) is 2.93. The first-order valence-electron chi connectivity index (χ1n) is 6.57. The minimum Gasteiger partial charge on any atom is -0.370 e. The van der Waals surface area contributed by atoms with Crippen LogP contribution in [0, 0.1) is 5.82 Å². The second-order valence-corrected chi connectivity index (χ2v) is 4.51.